The van der Waals surface area contributed by atoms with Crippen LogP contribution in [0, 0.1) is 0 Å². The fourth-order valence-corrected chi connectivity index (χ4v) is 4.35. The van der Waals surface area contributed by atoms with Gasteiger partial charge in [0.1, 0.15) is 4.21 Å². The first-order chi connectivity index (χ1) is 8.50. The van der Waals surface area contributed by atoms with Gasteiger partial charge in [-0.3, -0.25) is 0 Å². The zero-order valence-corrected chi connectivity index (χ0v) is 12.9. The van der Waals surface area contributed by atoms with Crippen LogP contribution >= 0.6 is 27.3 Å². The summed E-state index contributed by atoms with van der Waals surface area (Å²) in [6.07, 6.45) is 0. The number of hydrogen-bond acceptors (Lipinski definition) is 3. The number of thiophene rings is 1. The summed E-state index contributed by atoms with van der Waals surface area (Å²) in [5.41, 5.74) is 0.951. The molecule has 0 amide bonds. The van der Waals surface area contributed by atoms with Gasteiger partial charge in [0.2, 0.25) is 0 Å². The Balaban J connectivity index is 2.20. The predicted molar refractivity (Wildman–Crippen MR) is 77.1 cm³/mol. The lowest BCUT2D eigenvalue weighted by Crippen LogP contribution is -2.25. The molecule has 0 spiro atoms. The highest BCUT2D eigenvalue weighted by atomic mass is 79.9. The summed E-state index contributed by atoms with van der Waals surface area (Å²) in [6, 6.07) is 11.0. The van der Waals surface area contributed by atoms with E-state index in [0.717, 1.165) is 10.0 Å². The molecular formula is C12H12BrNO2S2. The number of hydrogen-bond donors (Lipinski definition) is 0. The molecule has 0 saturated carbocycles. The molecule has 2 rings (SSSR count). The number of nitrogens with zero attached hydrogens (tertiary/aromatic N) is 1. The van der Waals surface area contributed by atoms with E-state index in [2.05, 4.69) is 15.9 Å². The molecule has 0 atom stereocenters. The molecule has 0 fully saturated rings. The highest BCUT2D eigenvalue weighted by molar-refractivity contribution is 9.10. The van der Waals surface area contributed by atoms with Gasteiger partial charge in [0.15, 0.2) is 0 Å². The Morgan fingerprint density at radius 1 is 1.28 bits per heavy atom. The highest BCUT2D eigenvalue weighted by Crippen LogP contribution is 2.22. The third kappa shape index (κ3) is 3.00. The van der Waals surface area contributed by atoms with E-state index < -0.39 is 10.0 Å². The van der Waals surface area contributed by atoms with Crippen molar-refractivity contribution >= 4 is 37.3 Å². The smallest absolute Gasteiger partial charge is 0.206 e. The minimum Gasteiger partial charge on any atom is -0.206 e. The lowest BCUT2D eigenvalue weighted by Gasteiger charge is -2.16. The van der Waals surface area contributed by atoms with Crippen LogP contribution in [0.1, 0.15) is 5.56 Å². The van der Waals surface area contributed by atoms with Crippen LogP contribution in [-0.4, -0.2) is 19.8 Å². The number of rotatable bonds is 4. The third-order valence-corrected chi connectivity index (χ3v) is 6.12. The molecule has 0 aliphatic carbocycles. The van der Waals surface area contributed by atoms with Crippen molar-refractivity contribution in [2.45, 2.75) is 10.8 Å². The SMILES string of the molecule is CN(Cc1cccc(Br)c1)S(=O)(=O)c1cccs1. The Hall–Kier alpha value is -0.690. The van der Waals surface area contributed by atoms with Gasteiger partial charge in [-0.1, -0.05) is 34.1 Å². The molecule has 0 unspecified atom stereocenters. The molecule has 3 nitrogen and oxygen atoms in total. The fraction of sp³-hybridized carbons (Fsp3) is 0.167. The maximum atomic E-state index is 12.2. The second kappa shape index (κ2) is 5.52. The molecule has 0 bridgehead atoms. The van der Waals surface area contributed by atoms with Crippen LogP contribution < -0.4 is 0 Å². The summed E-state index contributed by atoms with van der Waals surface area (Å²) < 4.78 is 27.1. The Labute approximate surface area is 119 Å². The topological polar surface area (TPSA) is 37.4 Å². The van der Waals surface area contributed by atoms with E-state index in [-0.39, 0.29) is 0 Å². The van der Waals surface area contributed by atoms with E-state index in [0.29, 0.717) is 10.8 Å². The minimum absolute atomic E-state index is 0.361. The van der Waals surface area contributed by atoms with Gasteiger partial charge < -0.3 is 0 Å². The van der Waals surface area contributed by atoms with Crippen molar-refractivity contribution in [3.05, 3.63) is 51.8 Å². The van der Waals surface area contributed by atoms with Gasteiger partial charge in [-0.05, 0) is 29.1 Å². The molecular weight excluding hydrogens is 334 g/mol. The number of sulfonamides is 1. The zero-order chi connectivity index (χ0) is 13.2. The first-order valence-corrected chi connectivity index (χ1v) is 8.36. The van der Waals surface area contributed by atoms with E-state index in [9.17, 15) is 8.42 Å². The maximum Gasteiger partial charge on any atom is 0.252 e. The third-order valence-electron chi connectivity index (χ3n) is 2.45. The van der Waals surface area contributed by atoms with Crippen molar-refractivity contribution in [3.63, 3.8) is 0 Å². The van der Waals surface area contributed by atoms with Crippen molar-refractivity contribution in [3.8, 4) is 0 Å². The second-order valence-electron chi connectivity index (χ2n) is 3.82. The van der Waals surface area contributed by atoms with Gasteiger partial charge in [-0.25, -0.2) is 8.42 Å². The van der Waals surface area contributed by atoms with Gasteiger partial charge in [-0.2, -0.15) is 4.31 Å². The van der Waals surface area contributed by atoms with Gasteiger partial charge in [0.05, 0.1) is 0 Å². The molecule has 96 valence electrons. The molecule has 2 aromatic rings. The average Bonchev–Trinajstić information content (AvgIpc) is 2.82. The molecule has 1 heterocycles. The van der Waals surface area contributed by atoms with Crippen LogP contribution in [0.15, 0.2) is 50.5 Å². The van der Waals surface area contributed by atoms with Crippen LogP contribution in [0.3, 0.4) is 0 Å². The van der Waals surface area contributed by atoms with Crippen molar-refractivity contribution in [1.29, 1.82) is 0 Å². The monoisotopic (exact) mass is 345 g/mol. The Morgan fingerprint density at radius 3 is 2.67 bits per heavy atom. The minimum atomic E-state index is -3.37. The first kappa shape index (κ1) is 13.7. The lowest BCUT2D eigenvalue weighted by atomic mass is 10.2. The summed E-state index contributed by atoms with van der Waals surface area (Å²) in [4.78, 5) is 0. The molecule has 1 aromatic carbocycles. The Kier molecular flexibility index (Phi) is 4.21. The average molecular weight is 346 g/mol. The van der Waals surface area contributed by atoms with Crippen LogP contribution in [0.5, 0.6) is 0 Å². The highest BCUT2D eigenvalue weighted by Gasteiger charge is 2.21. The molecule has 0 aliphatic rings. The molecule has 0 radical (unpaired) electrons. The number of halogens is 1. The maximum absolute atomic E-state index is 12.2. The van der Waals surface area contributed by atoms with E-state index in [1.807, 2.05) is 24.3 Å². The quantitative estimate of drug-likeness (QED) is 0.852. The van der Waals surface area contributed by atoms with Crippen molar-refractivity contribution in [2.24, 2.45) is 0 Å². The van der Waals surface area contributed by atoms with Crippen LogP contribution in [0.4, 0.5) is 0 Å². The summed E-state index contributed by atoms with van der Waals surface area (Å²) in [5, 5.41) is 1.76. The molecule has 0 aliphatic heterocycles. The van der Waals surface area contributed by atoms with E-state index in [4.69, 9.17) is 0 Å². The van der Waals surface area contributed by atoms with Gasteiger partial charge in [0, 0.05) is 18.1 Å². The molecule has 0 N–H and O–H groups in total. The molecule has 18 heavy (non-hydrogen) atoms. The van der Waals surface area contributed by atoms with Crippen molar-refractivity contribution in [2.75, 3.05) is 7.05 Å². The predicted octanol–water partition coefficient (Wildman–Crippen LogP) is 3.33. The molecule has 1 aromatic heterocycles. The largest absolute Gasteiger partial charge is 0.252 e. The second-order valence-corrected chi connectivity index (χ2v) is 7.96. The fourth-order valence-electron chi connectivity index (χ4n) is 1.54. The van der Waals surface area contributed by atoms with E-state index >= 15 is 0 Å². The van der Waals surface area contributed by atoms with Crippen LogP contribution in [-0.2, 0) is 16.6 Å². The zero-order valence-electron chi connectivity index (χ0n) is 9.71. The lowest BCUT2D eigenvalue weighted by molar-refractivity contribution is 0.468. The Morgan fingerprint density at radius 2 is 2.06 bits per heavy atom. The van der Waals surface area contributed by atoms with Gasteiger partial charge >= 0.3 is 0 Å². The molecule has 6 heteroatoms. The van der Waals surface area contributed by atoms with Gasteiger partial charge in [-0.15, -0.1) is 11.3 Å². The van der Waals surface area contributed by atoms with E-state index in [1.54, 1.807) is 24.6 Å². The van der Waals surface area contributed by atoms with Crippen molar-refractivity contribution in [1.82, 2.24) is 4.31 Å². The van der Waals surface area contributed by atoms with Gasteiger partial charge in [0.25, 0.3) is 10.0 Å². The standard InChI is InChI=1S/C12H12BrNO2S2/c1-14(9-10-4-2-5-11(13)8-10)18(15,16)12-6-3-7-17-12/h2-8H,9H2,1H3. The summed E-state index contributed by atoms with van der Waals surface area (Å²) in [6.45, 7) is 0.361. The van der Waals surface area contributed by atoms with Crippen molar-refractivity contribution < 1.29 is 8.42 Å². The van der Waals surface area contributed by atoms with Crippen LogP contribution in [0.2, 0.25) is 0 Å². The normalized spacial score (nSPS) is 11.9. The number of benzene rings is 1. The summed E-state index contributed by atoms with van der Waals surface area (Å²) in [7, 11) is -1.78. The Bertz CT molecular complexity index is 623. The molecule has 0 saturated heterocycles. The van der Waals surface area contributed by atoms with Crippen LogP contribution in [0.25, 0.3) is 0 Å². The summed E-state index contributed by atoms with van der Waals surface area (Å²) in [5.74, 6) is 0. The first-order valence-electron chi connectivity index (χ1n) is 5.24. The van der Waals surface area contributed by atoms with E-state index in [1.165, 1.54) is 15.6 Å². The summed E-state index contributed by atoms with van der Waals surface area (Å²) >= 11 is 4.61.